The van der Waals surface area contributed by atoms with Gasteiger partial charge < -0.3 is 9.88 Å². The summed E-state index contributed by atoms with van der Waals surface area (Å²) in [7, 11) is 3.95. The van der Waals surface area contributed by atoms with Crippen LogP contribution < -0.4 is 5.32 Å². The first-order chi connectivity index (χ1) is 7.16. The number of hydrogen-bond donors (Lipinski definition) is 1. The van der Waals surface area contributed by atoms with Crippen molar-refractivity contribution in [1.29, 1.82) is 0 Å². The maximum Gasteiger partial charge on any atom is 0.114 e. The van der Waals surface area contributed by atoms with Gasteiger partial charge in [-0.05, 0) is 19.5 Å². The standard InChI is InChI=1S/C12H15ClN2/c1-8-5-4-6-9-10(7-14-2)12(13)15(3)11(8)9/h4-6,14H,7H2,1-3H3. The summed E-state index contributed by atoms with van der Waals surface area (Å²) in [4.78, 5) is 0. The molecule has 2 aromatic rings. The van der Waals surface area contributed by atoms with Gasteiger partial charge in [-0.1, -0.05) is 29.8 Å². The summed E-state index contributed by atoms with van der Waals surface area (Å²) in [6.45, 7) is 2.92. The zero-order chi connectivity index (χ0) is 11.0. The monoisotopic (exact) mass is 222 g/mol. The molecule has 3 heteroatoms. The number of aryl methyl sites for hydroxylation is 2. The molecule has 80 valence electrons. The third-order valence-electron chi connectivity index (χ3n) is 2.80. The molecule has 0 saturated carbocycles. The van der Waals surface area contributed by atoms with Gasteiger partial charge in [0.15, 0.2) is 0 Å². The fourth-order valence-electron chi connectivity index (χ4n) is 2.10. The minimum absolute atomic E-state index is 0.805. The van der Waals surface area contributed by atoms with E-state index < -0.39 is 0 Å². The lowest BCUT2D eigenvalue weighted by Crippen LogP contribution is -2.05. The summed E-state index contributed by atoms with van der Waals surface area (Å²) < 4.78 is 2.05. The van der Waals surface area contributed by atoms with Gasteiger partial charge in [0.25, 0.3) is 0 Å². The molecule has 1 aromatic heterocycles. The first-order valence-electron chi connectivity index (χ1n) is 5.03. The van der Waals surface area contributed by atoms with E-state index in [4.69, 9.17) is 11.6 Å². The van der Waals surface area contributed by atoms with Crippen LogP contribution in [0, 0.1) is 6.92 Å². The average Bonchev–Trinajstić information content (AvgIpc) is 2.45. The fraction of sp³-hybridized carbons (Fsp3) is 0.333. The highest BCUT2D eigenvalue weighted by molar-refractivity contribution is 6.32. The summed E-state index contributed by atoms with van der Waals surface area (Å²) in [5.74, 6) is 0. The smallest absolute Gasteiger partial charge is 0.114 e. The second-order valence-electron chi connectivity index (χ2n) is 3.83. The van der Waals surface area contributed by atoms with Gasteiger partial charge in [0, 0.05) is 24.5 Å². The number of rotatable bonds is 2. The molecule has 2 rings (SSSR count). The number of para-hydroxylation sites is 1. The Morgan fingerprint density at radius 3 is 2.80 bits per heavy atom. The first-order valence-corrected chi connectivity index (χ1v) is 5.41. The minimum atomic E-state index is 0.805. The maximum atomic E-state index is 6.31. The predicted octanol–water partition coefficient (Wildman–Crippen LogP) is 2.86. The van der Waals surface area contributed by atoms with Gasteiger partial charge in [-0.2, -0.15) is 0 Å². The second-order valence-corrected chi connectivity index (χ2v) is 4.19. The van der Waals surface area contributed by atoms with E-state index in [-0.39, 0.29) is 0 Å². The van der Waals surface area contributed by atoms with Crippen molar-refractivity contribution >= 4 is 22.5 Å². The van der Waals surface area contributed by atoms with Crippen molar-refractivity contribution in [1.82, 2.24) is 9.88 Å². The van der Waals surface area contributed by atoms with Crippen LogP contribution in [0.15, 0.2) is 18.2 Å². The molecule has 0 spiro atoms. The molecule has 1 heterocycles. The third-order valence-corrected chi connectivity index (χ3v) is 3.28. The molecular weight excluding hydrogens is 208 g/mol. The van der Waals surface area contributed by atoms with Crippen LogP contribution in [0.4, 0.5) is 0 Å². The molecule has 0 aliphatic carbocycles. The molecule has 2 nitrogen and oxygen atoms in total. The average molecular weight is 223 g/mol. The van der Waals surface area contributed by atoms with E-state index in [9.17, 15) is 0 Å². The quantitative estimate of drug-likeness (QED) is 0.827. The number of fused-ring (bicyclic) bond motifs is 1. The second kappa shape index (κ2) is 3.87. The molecule has 0 radical (unpaired) electrons. The lowest BCUT2D eigenvalue weighted by Gasteiger charge is -2.00. The van der Waals surface area contributed by atoms with E-state index in [1.807, 2.05) is 14.1 Å². The molecule has 15 heavy (non-hydrogen) atoms. The van der Waals surface area contributed by atoms with E-state index in [1.165, 1.54) is 22.0 Å². The Kier molecular flexibility index (Phi) is 2.72. The number of halogens is 1. The van der Waals surface area contributed by atoms with Crippen molar-refractivity contribution in [2.24, 2.45) is 7.05 Å². The molecular formula is C12H15ClN2. The number of aromatic nitrogens is 1. The molecule has 0 bridgehead atoms. The Balaban J connectivity index is 2.81. The molecule has 1 N–H and O–H groups in total. The van der Waals surface area contributed by atoms with E-state index in [2.05, 4.69) is 35.0 Å². The maximum absolute atomic E-state index is 6.31. The fourth-order valence-corrected chi connectivity index (χ4v) is 2.36. The largest absolute Gasteiger partial charge is 0.334 e. The summed E-state index contributed by atoms with van der Waals surface area (Å²) in [6, 6.07) is 6.32. The molecule has 0 fully saturated rings. The highest BCUT2D eigenvalue weighted by Gasteiger charge is 2.13. The topological polar surface area (TPSA) is 17.0 Å². The lowest BCUT2D eigenvalue weighted by molar-refractivity contribution is 0.816. The van der Waals surface area contributed by atoms with Gasteiger partial charge in [0.05, 0.1) is 5.52 Å². The van der Waals surface area contributed by atoms with Crippen LogP contribution >= 0.6 is 11.6 Å². The van der Waals surface area contributed by atoms with Gasteiger partial charge >= 0.3 is 0 Å². The van der Waals surface area contributed by atoms with Crippen LogP contribution in [0.1, 0.15) is 11.1 Å². The highest BCUT2D eigenvalue weighted by atomic mass is 35.5. The van der Waals surface area contributed by atoms with Gasteiger partial charge in [0.2, 0.25) is 0 Å². The Morgan fingerprint density at radius 2 is 2.13 bits per heavy atom. The van der Waals surface area contributed by atoms with Crippen LogP contribution in [-0.2, 0) is 13.6 Å². The minimum Gasteiger partial charge on any atom is -0.334 e. The molecule has 0 aliphatic heterocycles. The lowest BCUT2D eigenvalue weighted by atomic mass is 10.1. The van der Waals surface area contributed by atoms with Crippen molar-refractivity contribution in [3.8, 4) is 0 Å². The predicted molar refractivity (Wildman–Crippen MR) is 65.4 cm³/mol. The van der Waals surface area contributed by atoms with Crippen LogP contribution in [0.25, 0.3) is 10.9 Å². The Labute approximate surface area is 94.8 Å². The molecule has 0 amide bonds. The van der Waals surface area contributed by atoms with Crippen LogP contribution in [0.5, 0.6) is 0 Å². The zero-order valence-corrected chi connectivity index (χ0v) is 10.0. The number of nitrogens with zero attached hydrogens (tertiary/aromatic N) is 1. The van der Waals surface area contributed by atoms with Gasteiger partial charge in [-0.25, -0.2) is 0 Å². The van der Waals surface area contributed by atoms with Gasteiger partial charge in [-0.3, -0.25) is 0 Å². The first kappa shape index (κ1) is 10.5. The molecule has 0 atom stereocenters. The number of hydrogen-bond acceptors (Lipinski definition) is 1. The molecule has 0 saturated heterocycles. The molecule has 0 unspecified atom stereocenters. The summed E-state index contributed by atoms with van der Waals surface area (Å²) in [5, 5.41) is 5.23. The van der Waals surface area contributed by atoms with Crippen molar-refractivity contribution in [3.05, 3.63) is 34.5 Å². The van der Waals surface area contributed by atoms with E-state index >= 15 is 0 Å². The van der Waals surface area contributed by atoms with Gasteiger partial charge in [-0.15, -0.1) is 0 Å². The van der Waals surface area contributed by atoms with Crippen LogP contribution in [-0.4, -0.2) is 11.6 Å². The number of benzene rings is 1. The number of nitrogens with one attached hydrogen (secondary N) is 1. The summed E-state index contributed by atoms with van der Waals surface area (Å²) in [6.07, 6.45) is 0. The normalized spacial score (nSPS) is 11.2. The van der Waals surface area contributed by atoms with Crippen LogP contribution in [0.3, 0.4) is 0 Å². The third kappa shape index (κ3) is 1.54. The summed E-state index contributed by atoms with van der Waals surface area (Å²) >= 11 is 6.31. The Bertz CT molecular complexity index is 500. The molecule has 1 aromatic carbocycles. The van der Waals surface area contributed by atoms with Gasteiger partial charge in [0.1, 0.15) is 5.15 Å². The van der Waals surface area contributed by atoms with Crippen molar-refractivity contribution in [2.75, 3.05) is 7.05 Å². The van der Waals surface area contributed by atoms with E-state index in [1.54, 1.807) is 0 Å². The Hall–Kier alpha value is -0.990. The van der Waals surface area contributed by atoms with Crippen molar-refractivity contribution < 1.29 is 0 Å². The SMILES string of the molecule is CNCc1c(Cl)n(C)c2c(C)cccc12. The van der Waals surface area contributed by atoms with Crippen molar-refractivity contribution in [3.63, 3.8) is 0 Å². The summed E-state index contributed by atoms with van der Waals surface area (Å²) in [5.41, 5.74) is 3.67. The highest BCUT2D eigenvalue weighted by Crippen LogP contribution is 2.30. The van der Waals surface area contributed by atoms with Crippen molar-refractivity contribution in [2.45, 2.75) is 13.5 Å². The van der Waals surface area contributed by atoms with E-state index in [0.29, 0.717) is 0 Å². The van der Waals surface area contributed by atoms with Crippen LogP contribution in [0.2, 0.25) is 5.15 Å². The van der Waals surface area contributed by atoms with E-state index in [0.717, 1.165) is 11.7 Å². The molecule has 0 aliphatic rings. The Morgan fingerprint density at radius 1 is 1.40 bits per heavy atom. The zero-order valence-electron chi connectivity index (χ0n) is 9.26.